The molecule has 1 aromatic heterocycles. The number of ketones is 1. The lowest BCUT2D eigenvalue weighted by atomic mass is 10.1. The molecular formula is C14H12O2. The average molecular weight is 212 g/mol. The fourth-order valence-electron chi connectivity index (χ4n) is 2.26. The molecule has 1 aromatic carbocycles. The van der Waals surface area contributed by atoms with Gasteiger partial charge in [-0.15, -0.1) is 0 Å². The first-order valence-electron chi connectivity index (χ1n) is 5.47. The van der Waals surface area contributed by atoms with Gasteiger partial charge in [0.15, 0.2) is 5.78 Å². The molecule has 2 heteroatoms. The Morgan fingerprint density at radius 1 is 1.19 bits per heavy atom. The molecule has 0 spiro atoms. The smallest absolute Gasteiger partial charge is 0.156 e. The molecule has 3 rings (SSSR count). The topological polar surface area (TPSA) is 30.2 Å². The molecule has 16 heavy (non-hydrogen) atoms. The van der Waals surface area contributed by atoms with E-state index in [4.69, 9.17) is 4.42 Å². The van der Waals surface area contributed by atoms with Crippen LogP contribution in [0.2, 0.25) is 0 Å². The van der Waals surface area contributed by atoms with Gasteiger partial charge in [-0.2, -0.15) is 0 Å². The van der Waals surface area contributed by atoms with E-state index in [1.807, 2.05) is 25.1 Å². The third-order valence-corrected chi connectivity index (χ3v) is 3.11. The first kappa shape index (κ1) is 9.40. The van der Waals surface area contributed by atoms with E-state index in [0.717, 1.165) is 34.3 Å². The molecule has 0 saturated carbocycles. The molecule has 0 radical (unpaired) electrons. The Balaban J connectivity index is 2.21. The molecule has 0 unspecified atom stereocenters. The maximum absolute atomic E-state index is 11.2. The molecule has 0 atom stereocenters. The van der Waals surface area contributed by atoms with E-state index in [1.54, 1.807) is 6.08 Å². The van der Waals surface area contributed by atoms with E-state index >= 15 is 0 Å². The van der Waals surface area contributed by atoms with Crippen LogP contribution in [0, 0.1) is 6.92 Å². The van der Waals surface area contributed by atoms with Crippen molar-refractivity contribution < 1.29 is 9.21 Å². The molecule has 0 fully saturated rings. The molecule has 0 amide bonds. The van der Waals surface area contributed by atoms with Crippen LogP contribution in [0.3, 0.4) is 0 Å². The lowest BCUT2D eigenvalue weighted by Crippen LogP contribution is -1.80. The Kier molecular flexibility index (Phi) is 1.96. The summed E-state index contributed by atoms with van der Waals surface area (Å²) in [6.45, 7) is 2.05. The standard InChI is InChI=1S/C14H12O2/c1-9-12-4-2-3-5-13(12)16-14(9)10-6-7-11(15)8-10/h2-5,8H,6-7H2,1H3. The van der Waals surface area contributed by atoms with Crippen molar-refractivity contribution in [1.29, 1.82) is 0 Å². The Hall–Kier alpha value is -1.83. The Morgan fingerprint density at radius 3 is 2.69 bits per heavy atom. The largest absolute Gasteiger partial charge is 0.456 e. The number of carbonyl (C=O) groups excluding carboxylic acids is 1. The van der Waals surface area contributed by atoms with E-state index in [2.05, 4.69) is 6.07 Å². The molecule has 0 N–H and O–H groups in total. The van der Waals surface area contributed by atoms with Crippen molar-refractivity contribution in [2.45, 2.75) is 19.8 Å². The van der Waals surface area contributed by atoms with Crippen molar-refractivity contribution in [3.05, 3.63) is 41.7 Å². The number of allylic oxidation sites excluding steroid dienone is 2. The number of para-hydroxylation sites is 1. The molecule has 2 nitrogen and oxygen atoms in total. The van der Waals surface area contributed by atoms with Crippen LogP contribution in [0.5, 0.6) is 0 Å². The summed E-state index contributed by atoms with van der Waals surface area (Å²) in [4.78, 5) is 11.2. The lowest BCUT2D eigenvalue weighted by molar-refractivity contribution is -0.114. The minimum absolute atomic E-state index is 0.204. The van der Waals surface area contributed by atoms with Gasteiger partial charge in [0.25, 0.3) is 0 Å². The summed E-state index contributed by atoms with van der Waals surface area (Å²) in [5.41, 5.74) is 3.07. The highest BCUT2D eigenvalue weighted by atomic mass is 16.3. The number of furan rings is 1. The highest BCUT2D eigenvalue weighted by Gasteiger charge is 2.19. The van der Waals surface area contributed by atoms with Gasteiger partial charge in [0, 0.05) is 17.4 Å². The highest BCUT2D eigenvalue weighted by Crippen LogP contribution is 2.34. The fraction of sp³-hybridized carbons (Fsp3) is 0.214. The van der Waals surface area contributed by atoms with Gasteiger partial charge in [0.1, 0.15) is 11.3 Å². The Labute approximate surface area is 93.6 Å². The van der Waals surface area contributed by atoms with E-state index in [0.29, 0.717) is 6.42 Å². The summed E-state index contributed by atoms with van der Waals surface area (Å²) < 4.78 is 5.81. The second kappa shape index (κ2) is 3.34. The zero-order chi connectivity index (χ0) is 11.1. The molecule has 1 heterocycles. The highest BCUT2D eigenvalue weighted by molar-refractivity contribution is 6.02. The maximum atomic E-state index is 11.2. The molecule has 80 valence electrons. The van der Waals surface area contributed by atoms with Crippen LogP contribution in [0.4, 0.5) is 0 Å². The predicted octanol–water partition coefficient (Wildman–Crippen LogP) is 3.49. The maximum Gasteiger partial charge on any atom is 0.156 e. The van der Waals surface area contributed by atoms with Gasteiger partial charge in [-0.3, -0.25) is 4.79 Å². The third kappa shape index (κ3) is 1.30. The summed E-state index contributed by atoms with van der Waals surface area (Å²) in [5.74, 6) is 1.09. The normalized spacial score (nSPS) is 15.8. The molecule has 1 aliphatic carbocycles. The van der Waals surface area contributed by atoms with E-state index < -0.39 is 0 Å². The molecule has 1 aliphatic rings. The first-order valence-corrected chi connectivity index (χ1v) is 5.47. The zero-order valence-corrected chi connectivity index (χ0v) is 9.12. The van der Waals surface area contributed by atoms with Crippen molar-refractivity contribution in [1.82, 2.24) is 0 Å². The van der Waals surface area contributed by atoms with Gasteiger partial charge >= 0.3 is 0 Å². The van der Waals surface area contributed by atoms with Gasteiger partial charge < -0.3 is 4.42 Å². The van der Waals surface area contributed by atoms with Gasteiger partial charge in [-0.25, -0.2) is 0 Å². The van der Waals surface area contributed by atoms with Crippen LogP contribution in [-0.2, 0) is 4.79 Å². The lowest BCUT2D eigenvalue weighted by Gasteiger charge is -1.96. The number of rotatable bonds is 1. The summed E-state index contributed by atoms with van der Waals surface area (Å²) in [6, 6.07) is 7.98. The number of aryl methyl sites for hydroxylation is 1. The van der Waals surface area contributed by atoms with Gasteiger partial charge in [0.05, 0.1) is 0 Å². The van der Waals surface area contributed by atoms with Crippen molar-refractivity contribution in [3.63, 3.8) is 0 Å². The molecule has 0 saturated heterocycles. The summed E-state index contributed by atoms with van der Waals surface area (Å²) in [5, 5.41) is 1.14. The quantitative estimate of drug-likeness (QED) is 0.724. The van der Waals surface area contributed by atoms with Gasteiger partial charge in [0.2, 0.25) is 0 Å². The number of carbonyl (C=O) groups is 1. The number of hydrogen-bond acceptors (Lipinski definition) is 2. The van der Waals surface area contributed by atoms with Crippen molar-refractivity contribution in [2.75, 3.05) is 0 Å². The minimum Gasteiger partial charge on any atom is -0.456 e. The van der Waals surface area contributed by atoms with E-state index in [1.165, 1.54) is 0 Å². The number of fused-ring (bicyclic) bond motifs is 1. The van der Waals surface area contributed by atoms with E-state index in [-0.39, 0.29) is 5.78 Å². The van der Waals surface area contributed by atoms with E-state index in [9.17, 15) is 4.79 Å². The summed E-state index contributed by atoms with van der Waals surface area (Å²) in [7, 11) is 0. The summed E-state index contributed by atoms with van der Waals surface area (Å²) in [6.07, 6.45) is 3.13. The third-order valence-electron chi connectivity index (χ3n) is 3.11. The van der Waals surface area contributed by atoms with Crippen molar-refractivity contribution >= 4 is 22.3 Å². The minimum atomic E-state index is 0.204. The fourth-order valence-corrected chi connectivity index (χ4v) is 2.26. The Bertz CT molecular complexity index is 602. The summed E-state index contributed by atoms with van der Waals surface area (Å²) >= 11 is 0. The van der Waals surface area contributed by atoms with Gasteiger partial charge in [-0.1, -0.05) is 18.2 Å². The first-order chi connectivity index (χ1) is 7.75. The Morgan fingerprint density at radius 2 is 2.00 bits per heavy atom. The molecular weight excluding hydrogens is 200 g/mol. The van der Waals surface area contributed by atoms with Crippen molar-refractivity contribution in [3.8, 4) is 0 Å². The predicted molar refractivity (Wildman–Crippen MR) is 63.2 cm³/mol. The van der Waals surface area contributed by atoms with Crippen LogP contribution in [0.1, 0.15) is 24.2 Å². The average Bonchev–Trinajstić information content (AvgIpc) is 2.84. The molecule has 0 aliphatic heterocycles. The van der Waals surface area contributed by atoms with Crippen LogP contribution >= 0.6 is 0 Å². The molecule has 0 bridgehead atoms. The number of hydrogen-bond donors (Lipinski definition) is 0. The van der Waals surface area contributed by atoms with Crippen LogP contribution in [-0.4, -0.2) is 5.78 Å². The van der Waals surface area contributed by atoms with Crippen molar-refractivity contribution in [2.24, 2.45) is 0 Å². The van der Waals surface area contributed by atoms with Gasteiger partial charge in [-0.05, 0) is 31.1 Å². The SMILES string of the molecule is Cc1c(C2=CC(=O)CC2)oc2ccccc12. The molecule has 2 aromatic rings. The second-order valence-corrected chi connectivity index (χ2v) is 4.19. The number of benzene rings is 1. The zero-order valence-electron chi connectivity index (χ0n) is 9.12. The van der Waals surface area contributed by atoms with Crippen LogP contribution in [0.25, 0.3) is 16.5 Å². The monoisotopic (exact) mass is 212 g/mol. The van der Waals surface area contributed by atoms with Crippen LogP contribution < -0.4 is 0 Å². The second-order valence-electron chi connectivity index (χ2n) is 4.19. The van der Waals surface area contributed by atoms with Crippen LogP contribution in [0.15, 0.2) is 34.8 Å².